The molecule has 0 bridgehead atoms. The van der Waals surface area contributed by atoms with Gasteiger partial charge in [0, 0.05) is 22.7 Å². The van der Waals surface area contributed by atoms with E-state index in [-0.39, 0.29) is 22.6 Å². The van der Waals surface area contributed by atoms with Crippen molar-refractivity contribution in [3.8, 4) is 17.3 Å². The third-order valence-corrected chi connectivity index (χ3v) is 3.45. The molecule has 1 aliphatic rings. The van der Waals surface area contributed by atoms with Crippen molar-refractivity contribution in [1.29, 1.82) is 5.26 Å². The molecule has 0 radical (unpaired) electrons. The van der Waals surface area contributed by atoms with Crippen LogP contribution in [-0.4, -0.2) is 26.0 Å². The second-order valence-electron chi connectivity index (χ2n) is 4.79. The standard InChI is InChI=1S/C16H18N6O/c17-6-5-14(11-3-1-2-4-11)22-8-12(7-21-22)15-13(9-23)16(18)20-10-19-15/h7-11,14H,1-5H2,(H2,18,19,20)/t14-/m1/s1/i1D2,2D2,3D2,4D2. The van der Waals surface area contributed by atoms with Crippen LogP contribution < -0.4 is 5.73 Å². The van der Waals surface area contributed by atoms with Gasteiger partial charge < -0.3 is 5.73 Å². The summed E-state index contributed by atoms with van der Waals surface area (Å²) in [6.07, 6.45) is -8.64. The number of anilines is 1. The molecule has 7 nitrogen and oxygen atoms in total. The first-order valence-electron chi connectivity index (χ1n) is 10.7. The molecule has 0 saturated heterocycles. The monoisotopic (exact) mass is 318 g/mol. The lowest BCUT2D eigenvalue weighted by Gasteiger charge is -2.21. The van der Waals surface area contributed by atoms with Crippen molar-refractivity contribution in [2.75, 3.05) is 5.73 Å². The molecule has 2 N–H and O–H groups in total. The van der Waals surface area contributed by atoms with Crippen molar-refractivity contribution >= 4 is 12.1 Å². The zero-order valence-electron chi connectivity index (χ0n) is 19.9. The lowest BCUT2D eigenvalue weighted by atomic mass is 9.96. The van der Waals surface area contributed by atoms with Gasteiger partial charge in [0.05, 0.1) is 36.0 Å². The van der Waals surface area contributed by atoms with Crippen LogP contribution in [0.5, 0.6) is 0 Å². The average Bonchev–Trinajstić information content (AvgIpc) is 3.18. The Morgan fingerprint density at radius 3 is 3.00 bits per heavy atom. The summed E-state index contributed by atoms with van der Waals surface area (Å²) in [5, 5.41) is 13.4. The Morgan fingerprint density at radius 2 is 2.30 bits per heavy atom. The van der Waals surface area contributed by atoms with Crippen molar-refractivity contribution < 1.29 is 15.8 Å². The highest BCUT2D eigenvalue weighted by Gasteiger charge is 2.27. The molecule has 1 atom stereocenters. The number of carbonyl (C=O) groups excluding carboxylic acids is 1. The first-order valence-corrected chi connectivity index (χ1v) is 6.72. The molecule has 3 rings (SSSR count). The fraction of sp³-hybridized carbons (Fsp3) is 0.438. The van der Waals surface area contributed by atoms with Gasteiger partial charge in [-0.05, 0) is 18.7 Å². The normalized spacial score (nSPS) is 30.0. The van der Waals surface area contributed by atoms with Crippen LogP contribution in [0.3, 0.4) is 0 Å². The molecule has 0 aliphatic heterocycles. The number of nitrogens with zero attached hydrogens (tertiary/aromatic N) is 5. The van der Waals surface area contributed by atoms with Crippen molar-refractivity contribution in [2.24, 2.45) is 5.92 Å². The van der Waals surface area contributed by atoms with E-state index in [1.165, 1.54) is 12.4 Å². The highest BCUT2D eigenvalue weighted by molar-refractivity contribution is 5.90. The third kappa shape index (κ3) is 2.93. The summed E-state index contributed by atoms with van der Waals surface area (Å²) >= 11 is 0. The van der Waals surface area contributed by atoms with Crippen LogP contribution in [0, 0.1) is 17.2 Å². The van der Waals surface area contributed by atoms with Gasteiger partial charge in [-0.15, -0.1) is 0 Å². The molecular weight excluding hydrogens is 292 g/mol. The maximum absolute atomic E-state index is 11.4. The topological polar surface area (TPSA) is 110 Å². The Balaban J connectivity index is 2.15. The quantitative estimate of drug-likeness (QED) is 0.847. The van der Waals surface area contributed by atoms with Crippen LogP contribution in [0.1, 0.15) is 59.3 Å². The van der Waals surface area contributed by atoms with Crippen molar-refractivity contribution in [3.05, 3.63) is 24.3 Å². The third-order valence-electron chi connectivity index (χ3n) is 3.45. The Morgan fingerprint density at radius 1 is 1.52 bits per heavy atom. The summed E-state index contributed by atoms with van der Waals surface area (Å²) in [5.41, 5.74) is 6.04. The smallest absolute Gasteiger partial charge is 0.155 e. The second-order valence-corrected chi connectivity index (χ2v) is 4.79. The van der Waals surface area contributed by atoms with Crippen LogP contribution >= 0.6 is 0 Å². The minimum atomic E-state index is -3.18. The predicted octanol–water partition coefficient (Wildman–Crippen LogP) is 2.38. The summed E-state index contributed by atoms with van der Waals surface area (Å²) in [6.45, 7) is 0. The van der Waals surface area contributed by atoms with Gasteiger partial charge in [0.15, 0.2) is 6.29 Å². The Hall–Kier alpha value is -2.75. The maximum Gasteiger partial charge on any atom is 0.155 e. The zero-order chi connectivity index (χ0) is 23.4. The average molecular weight is 318 g/mol. The van der Waals surface area contributed by atoms with Crippen LogP contribution in [0.15, 0.2) is 18.7 Å². The van der Waals surface area contributed by atoms with E-state index in [1.807, 2.05) is 6.07 Å². The first kappa shape index (κ1) is 8.20. The van der Waals surface area contributed by atoms with Crippen LogP contribution in [-0.2, 0) is 0 Å². The SMILES string of the molecule is [2H]C1([2H])C([C@@H](CC#N)n2cc(-c3ncnc(N)c3C=O)cn2)C([2H])([2H])C([2H])([2H])C1([2H])[2H]. The van der Waals surface area contributed by atoms with E-state index in [2.05, 4.69) is 15.1 Å². The van der Waals surface area contributed by atoms with Crippen molar-refractivity contribution in [2.45, 2.75) is 38.0 Å². The molecule has 1 saturated carbocycles. The molecule has 2 aromatic rings. The highest BCUT2D eigenvalue weighted by Crippen LogP contribution is 2.36. The van der Waals surface area contributed by atoms with Gasteiger partial charge in [-0.2, -0.15) is 10.4 Å². The molecule has 23 heavy (non-hydrogen) atoms. The van der Waals surface area contributed by atoms with Gasteiger partial charge in [0.2, 0.25) is 0 Å². The van der Waals surface area contributed by atoms with Crippen LogP contribution in [0.4, 0.5) is 5.82 Å². The number of rotatable bonds is 5. The summed E-state index contributed by atoms with van der Waals surface area (Å²) in [4.78, 5) is 19.1. The molecule has 0 aromatic carbocycles. The molecule has 2 heterocycles. The zero-order valence-corrected chi connectivity index (χ0v) is 11.9. The molecule has 118 valence electrons. The Kier molecular flexibility index (Phi) is 2.34. The number of hydrogen-bond donors (Lipinski definition) is 1. The summed E-state index contributed by atoms with van der Waals surface area (Å²) in [7, 11) is 0. The number of carbonyl (C=O) groups is 1. The van der Waals surface area contributed by atoms with Gasteiger partial charge in [0.1, 0.15) is 12.1 Å². The lowest BCUT2D eigenvalue weighted by molar-refractivity contribution is 0.112. The molecule has 0 unspecified atom stereocenters. The minimum absolute atomic E-state index is 0.0157. The van der Waals surface area contributed by atoms with Gasteiger partial charge in [0.25, 0.3) is 0 Å². The van der Waals surface area contributed by atoms with Gasteiger partial charge in [-0.1, -0.05) is 12.7 Å². The minimum Gasteiger partial charge on any atom is -0.383 e. The molecule has 1 fully saturated rings. The van der Waals surface area contributed by atoms with E-state index in [4.69, 9.17) is 16.7 Å². The van der Waals surface area contributed by atoms with E-state index in [0.717, 1.165) is 11.0 Å². The van der Waals surface area contributed by atoms with Gasteiger partial charge in [-0.25, -0.2) is 9.97 Å². The molecule has 2 aromatic heterocycles. The Labute approximate surface area is 145 Å². The van der Waals surface area contributed by atoms with Crippen LogP contribution in [0.25, 0.3) is 11.3 Å². The van der Waals surface area contributed by atoms with Crippen LogP contribution in [0.2, 0.25) is 0 Å². The molecule has 0 spiro atoms. The fourth-order valence-corrected chi connectivity index (χ4v) is 2.31. The van der Waals surface area contributed by atoms with E-state index in [1.54, 1.807) is 0 Å². The number of aromatic nitrogens is 4. The number of nitrogen functional groups attached to an aromatic ring is 1. The number of nitrogens with two attached hydrogens (primary N) is 1. The van der Waals surface area contributed by atoms with Gasteiger partial charge in [-0.3, -0.25) is 9.48 Å². The summed E-state index contributed by atoms with van der Waals surface area (Å²) in [6, 6.07) is 0.462. The fourth-order valence-electron chi connectivity index (χ4n) is 2.31. The number of nitriles is 1. The highest BCUT2D eigenvalue weighted by atomic mass is 16.1. The Bertz CT molecular complexity index is 1040. The van der Waals surface area contributed by atoms with Crippen molar-refractivity contribution in [1.82, 2.24) is 19.7 Å². The van der Waals surface area contributed by atoms with E-state index in [9.17, 15) is 10.1 Å². The van der Waals surface area contributed by atoms with E-state index < -0.39 is 43.9 Å². The predicted molar refractivity (Wildman–Crippen MR) is 84.3 cm³/mol. The molecule has 0 amide bonds. The van der Waals surface area contributed by atoms with Crippen molar-refractivity contribution in [3.63, 3.8) is 0 Å². The second kappa shape index (κ2) is 6.57. The number of hydrogen-bond acceptors (Lipinski definition) is 6. The summed E-state index contributed by atoms with van der Waals surface area (Å²) in [5.74, 6) is -1.97. The number of aldehydes is 1. The molecule has 1 aliphatic carbocycles. The molecular formula is C16H18N6O. The largest absolute Gasteiger partial charge is 0.383 e. The molecule has 7 heteroatoms. The lowest BCUT2D eigenvalue weighted by Crippen LogP contribution is -2.17. The summed E-state index contributed by atoms with van der Waals surface area (Å²) < 4.78 is 66.0. The van der Waals surface area contributed by atoms with E-state index >= 15 is 0 Å². The van der Waals surface area contributed by atoms with E-state index in [0.29, 0.717) is 6.29 Å². The first-order chi connectivity index (χ1) is 14.3. The van der Waals surface area contributed by atoms with Gasteiger partial charge >= 0.3 is 0 Å². The maximum atomic E-state index is 11.4.